The summed E-state index contributed by atoms with van der Waals surface area (Å²) < 4.78 is 21.4. The SMILES string of the molecule is CCOC(=O)COc1c(Cl)cc(/C=N/NC(=O)c2cc3ccccc3o2)cc1OCC. The maximum atomic E-state index is 12.3. The summed E-state index contributed by atoms with van der Waals surface area (Å²) in [5.41, 5.74) is 3.58. The summed E-state index contributed by atoms with van der Waals surface area (Å²) in [7, 11) is 0. The molecule has 3 aromatic rings. The molecule has 162 valence electrons. The first-order valence-electron chi connectivity index (χ1n) is 9.58. The van der Waals surface area contributed by atoms with Crippen LogP contribution in [0.15, 0.2) is 52.0 Å². The molecule has 9 heteroatoms. The quantitative estimate of drug-likeness (QED) is 0.302. The highest BCUT2D eigenvalue weighted by Crippen LogP contribution is 2.36. The van der Waals surface area contributed by atoms with Crippen molar-refractivity contribution in [3.63, 3.8) is 0 Å². The molecule has 1 aromatic heterocycles. The van der Waals surface area contributed by atoms with E-state index in [2.05, 4.69) is 10.5 Å². The Bertz CT molecular complexity index is 1080. The third-order valence-corrected chi connectivity index (χ3v) is 4.28. The lowest BCUT2D eigenvalue weighted by molar-refractivity contribution is -0.145. The number of hydrogen-bond donors (Lipinski definition) is 1. The largest absolute Gasteiger partial charge is 0.490 e. The van der Waals surface area contributed by atoms with Gasteiger partial charge in [0.05, 0.1) is 24.5 Å². The van der Waals surface area contributed by atoms with Crippen LogP contribution in [-0.4, -0.2) is 37.9 Å². The maximum absolute atomic E-state index is 12.3. The van der Waals surface area contributed by atoms with Crippen LogP contribution in [0, 0.1) is 0 Å². The first kappa shape index (κ1) is 22.2. The Hall–Kier alpha value is -3.52. The van der Waals surface area contributed by atoms with Gasteiger partial charge < -0.3 is 18.6 Å². The van der Waals surface area contributed by atoms with E-state index in [4.69, 9.17) is 30.2 Å². The number of furan rings is 1. The number of carbonyl (C=O) groups is 2. The number of para-hydroxylation sites is 1. The molecule has 0 saturated heterocycles. The second kappa shape index (κ2) is 10.5. The van der Waals surface area contributed by atoms with Crippen molar-refractivity contribution in [1.82, 2.24) is 5.43 Å². The van der Waals surface area contributed by atoms with Crippen molar-refractivity contribution in [1.29, 1.82) is 0 Å². The Kier molecular flexibility index (Phi) is 7.50. The zero-order valence-electron chi connectivity index (χ0n) is 17.0. The van der Waals surface area contributed by atoms with E-state index in [1.54, 1.807) is 38.1 Å². The first-order valence-corrected chi connectivity index (χ1v) is 9.96. The number of ether oxygens (including phenoxy) is 3. The Labute approximate surface area is 183 Å². The Morgan fingerprint density at radius 2 is 1.94 bits per heavy atom. The third kappa shape index (κ3) is 5.76. The van der Waals surface area contributed by atoms with E-state index in [1.807, 2.05) is 18.2 Å². The van der Waals surface area contributed by atoms with E-state index in [0.29, 0.717) is 23.5 Å². The number of rotatable bonds is 9. The second-order valence-electron chi connectivity index (χ2n) is 6.20. The number of amides is 1. The van der Waals surface area contributed by atoms with Gasteiger partial charge in [-0.15, -0.1) is 0 Å². The molecule has 0 atom stereocenters. The van der Waals surface area contributed by atoms with E-state index in [-0.39, 0.29) is 29.7 Å². The molecule has 0 unspecified atom stereocenters. The highest BCUT2D eigenvalue weighted by molar-refractivity contribution is 6.32. The van der Waals surface area contributed by atoms with Gasteiger partial charge >= 0.3 is 11.9 Å². The number of halogens is 1. The summed E-state index contributed by atoms with van der Waals surface area (Å²) >= 11 is 6.29. The fourth-order valence-corrected chi connectivity index (χ4v) is 2.99. The molecule has 0 bridgehead atoms. The standard InChI is InChI=1S/C22H21ClN2O6/c1-3-28-18-10-14(9-16(23)21(18)30-13-20(26)29-4-2)12-24-25-22(27)19-11-15-7-5-6-8-17(15)31-19/h5-12H,3-4,13H2,1-2H3,(H,25,27)/b24-12+. The van der Waals surface area contributed by atoms with Crippen LogP contribution < -0.4 is 14.9 Å². The minimum Gasteiger partial charge on any atom is -0.490 e. The van der Waals surface area contributed by atoms with Gasteiger partial charge in [0.1, 0.15) is 5.58 Å². The first-order chi connectivity index (χ1) is 15.0. The topological polar surface area (TPSA) is 99.4 Å². The Balaban J connectivity index is 1.70. The van der Waals surface area contributed by atoms with Gasteiger partial charge in [0.25, 0.3) is 0 Å². The number of hydrazone groups is 1. The van der Waals surface area contributed by atoms with Gasteiger partial charge in [0.15, 0.2) is 23.9 Å². The number of nitrogens with zero attached hydrogens (tertiary/aromatic N) is 1. The van der Waals surface area contributed by atoms with Crippen molar-refractivity contribution in [2.45, 2.75) is 13.8 Å². The van der Waals surface area contributed by atoms with Crippen molar-refractivity contribution in [2.24, 2.45) is 5.10 Å². The van der Waals surface area contributed by atoms with Crippen LogP contribution in [0.4, 0.5) is 0 Å². The fraction of sp³-hybridized carbons (Fsp3) is 0.227. The molecular weight excluding hydrogens is 424 g/mol. The van der Waals surface area contributed by atoms with Gasteiger partial charge in [-0.1, -0.05) is 29.8 Å². The third-order valence-electron chi connectivity index (χ3n) is 4.00. The molecule has 8 nitrogen and oxygen atoms in total. The summed E-state index contributed by atoms with van der Waals surface area (Å²) in [6.07, 6.45) is 1.41. The number of hydrogen-bond acceptors (Lipinski definition) is 7. The summed E-state index contributed by atoms with van der Waals surface area (Å²) in [4.78, 5) is 23.8. The van der Waals surface area contributed by atoms with Crippen LogP contribution in [0.3, 0.4) is 0 Å². The van der Waals surface area contributed by atoms with Gasteiger partial charge in [0.2, 0.25) is 0 Å². The summed E-state index contributed by atoms with van der Waals surface area (Å²) in [6, 6.07) is 12.1. The molecule has 0 fully saturated rings. The van der Waals surface area contributed by atoms with Crippen LogP contribution in [0.2, 0.25) is 5.02 Å². The van der Waals surface area contributed by atoms with Crippen LogP contribution in [0.1, 0.15) is 30.0 Å². The van der Waals surface area contributed by atoms with E-state index < -0.39 is 11.9 Å². The van der Waals surface area contributed by atoms with Gasteiger partial charge in [-0.2, -0.15) is 5.10 Å². The summed E-state index contributed by atoms with van der Waals surface area (Å²) in [5.74, 6) is -0.295. The molecule has 3 rings (SSSR count). The average molecular weight is 445 g/mol. The summed E-state index contributed by atoms with van der Waals surface area (Å²) in [5, 5.41) is 4.99. The fourth-order valence-electron chi connectivity index (χ4n) is 2.71. The molecule has 0 aliphatic heterocycles. The zero-order valence-corrected chi connectivity index (χ0v) is 17.8. The highest BCUT2D eigenvalue weighted by Gasteiger charge is 2.15. The minimum absolute atomic E-state index is 0.147. The van der Waals surface area contributed by atoms with Crippen molar-refractivity contribution in [2.75, 3.05) is 19.8 Å². The number of fused-ring (bicyclic) bond motifs is 1. The molecule has 1 heterocycles. The highest BCUT2D eigenvalue weighted by atomic mass is 35.5. The van der Waals surface area contributed by atoms with Gasteiger partial charge in [-0.25, -0.2) is 10.2 Å². The predicted octanol–water partition coefficient (Wildman–Crippen LogP) is 4.19. The summed E-state index contributed by atoms with van der Waals surface area (Å²) in [6.45, 7) is 3.82. The molecule has 0 saturated carbocycles. The molecular formula is C22H21ClN2O6. The zero-order chi connectivity index (χ0) is 22.2. The molecule has 1 amide bonds. The molecule has 0 aliphatic rings. The second-order valence-corrected chi connectivity index (χ2v) is 6.61. The van der Waals surface area contributed by atoms with Crippen LogP contribution >= 0.6 is 11.6 Å². The van der Waals surface area contributed by atoms with Crippen molar-refractivity contribution < 1.29 is 28.2 Å². The van der Waals surface area contributed by atoms with Gasteiger partial charge in [-0.05, 0) is 43.7 Å². The van der Waals surface area contributed by atoms with Crippen LogP contribution in [-0.2, 0) is 9.53 Å². The maximum Gasteiger partial charge on any atom is 0.344 e. The number of esters is 1. The van der Waals surface area contributed by atoms with Crippen LogP contribution in [0.5, 0.6) is 11.5 Å². The average Bonchev–Trinajstić information content (AvgIpc) is 3.18. The predicted molar refractivity (Wildman–Crippen MR) is 116 cm³/mol. The van der Waals surface area contributed by atoms with Crippen LogP contribution in [0.25, 0.3) is 11.0 Å². The van der Waals surface area contributed by atoms with Gasteiger partial charge in [0, 0.05) is 5.39 Å². The monoisotopic (exact) mass is 444 g/mol. The molecule has 0 aliphatic carbocycles. The van der Waals surface area contributed by atoms with Crippen molar-refractivity contribution in [3.05, 3.63) is 58.8 Å². The molecule has 0 spiro atoms. The molecule has 0 radical (unpaired) electrons. The van der Waals surface area contributed by atoms with Crippen molar-refractivity contribution in [3.8, 4) is 11.5 Å². The molecule has 31 heavy (non-hydrogen) atoms. The Morgan fingerprint density at radius 1 is 1.13 bits per heavy atom. The smallest absolute Gasteiger partial charge is 0.344 e. The van der Waals surface area contributed by atoms with E-state index in [0.717, 1.165) is 5.39 Å². The van der Waals surface area contributed by atoms with E-state index in [9.17, 15) is 9.59 Å². The van der Waals surface area contributed by atoms with E-state index >= 15 is 0 Å². The lowest BCUT2D eigenvalue weighted by atomic mass is 10.2. The number of carbonyl (C=O) groups excluding carboxylic acids is 2. The normalized spacial score (nSPS) is 10.9. The number of benzene rings is 2. The Morgan fingerprint density at radius 3 is 2.68 bits per heavy atom. The van der Waals surface area contributed by atoms with Crippen molar-refractivity contribution >= 4 is 40.7 Å². The number of nitrogens with one attached hydrogen (secondary N) is 1. The van der Waals surface area contributed by atoms with Gasteiger partial charge in [-0.3, -0.25) is 4.79 Å². The molecule has 1 N–H and O–H groups in total. The molecule has 2 aromatic carbocycles. The van der Waals surface area contributed by atoms with E-state index in [1.165, 1.54) is 6.21 Å². The minimum atomic E-state index is -0.514. The lowest BCUT2D eigenvalue weighted by Crippen LogP contribution is -2.17. The lowest BCUT2D eigenvalue weighted by Gasteiger charge is -2.14.